The highest BCUT2D eigenvalue weighted by Crippen LogP contribution is 2.29. The molecule has 2 unspecified atom stereocenters. The van der Waals surface area contributed by atoms with Gasteiger partial charge in [0.1, 0.15) is 11.6 Å². The standard InChI is InChI=1S/C16H23N7O/c1-24-9-6-7-11-10(8-9)14(23-16(19)22-11)20-12-4-2-3-5-13(12)21-15(17)18/h6-8,12-13H,2-5H2,1H3,(H4,17,18,21)(H3,19,20,22,23). The highest BCUT2D eigenvalue weighted by atomic mass is 16.5. The molecule has 8 heteroatoms. The Balaban J connectivity index is 1.97. The fourth-order valence-corrected chi connectivity index (χ4v) is 3.16. The van der Waals surface area contributed by atoms with E-state index in [1.807, 2.05) is 18.2 Å². The van der Waals surface area contributed by atoms with E-state index >= 15 is 0 Å². The Kier molecular flexibility index (Phi) is 4.54. The lowest BCUT2D eigenvalue weighted by molar-refractivity contribution is 0.405. The van der Waals surface area contributed by atoms with Crippen LogP contribution >= 0.6 is 0 Å². The molecular formula is C16H23N7O. The molecule has 0 amide bonds. The Morgan fingerprint density at radius 2 is 2.04 bits per heavy atom. The van der Waals surface area contributed by atoms with Gasteiger partial charge in [0, 0.05) is 5.39 Å². The Hall–Kier alpha value is -2.77. The highest BCUT2D eigenvalue weighted by Gasteiger charge is 2.26. The van der Waals surface area contributed by atoms with Gasteiger partial charge in [-0.15, -0.1) is 0 Å². The molecule has 1 fully saturated rings. The Morgan fingerprint density at radius 3 is 2.79 bits per heavy atom. The van der Waals surface area contributed by atoms with Crippen LogP contribution in [0.1, 0.15) is 25.7 Å². The first-order chi connectivity index (χ1) is 11.6. The molecule has 0 saturated heterocycles. The van der Waals surface area contributed by atoms with Gasteiger partial charge >= 0.3 is 0 Å². The van der Waals surface area contributed by atoms with Gasteiger partial charge in [-0.3, -0.25) is 0 Å². The number of nitrogens with two attached hydrogens (primary N) is 3. The van der Waals surface area contributed by atoms with E-state index in [9.17, 15) is 0 Å². The molecule has 0 bridgehead atoms. The number of methoxy groups -OCH3 is 1. The minimum Gasteiger partial charge on any atom is -0.497 e. The second kappa shape index (κ2) is 6.77. The molecule has 7 N–H and O–H groups in total. The number of nitrogens with zero attached hydrogens (tertiary/aromatic N) is 3. The second-order valence-corrected chi connectivity index (χ2v) is 5.97. The molecule has 1 aliphatic rings. The van der Waals surface area contributed by atoms with Gasteiger partial charge in [0.15, 0.2) is 5.96 Å². The molecule has 0 aliphatic heterocycles. The maximum absolute atomic E-state index is 5.85. The van der Waals surface area contributed by atoms with E-state index in [2.05, 4.69) is 20.3 Å². The molecule has 1 aromatic heterocycles. The number of hydrogen-bond acceptors (Lipinski definition) is 6. The number of nitrogen functional groups attached to an aromatic ring is 1. The van der Waals surface area contributed by atoms with Crippen LogP contribution in [0.2, 0.25) is 0 Å². The third-order valence-electron chi connectivity index (χ3n) is 4.29. The van der Waals surface area contributed by atoms with Crippen molar-refractivity contribution in [2.75, 3.05) is 18.2 Å². The van der Waals surface area contributed by atoms with Gasteiger partial charge in [0.2, 0.25) is 5.95 Å². The van der Waals surface area contributed by atoms with Crippen molar-refractivity contribution in [3.8, 4) is 5.75 Å². The third kappa shape index (κ3) is 3.42. The van der Waals surface area contributed by atoms with Crippen molar-refractivity contribution in [1.29, 1.82) is 0 Å². The second-order valence-electron chi connectivity index (χ2n) is 5.97. The summed E-state index contributed by atoms with van der Waals surface area (Å²) in [6.07, 6.45) is 4.14. The number of aliphatic imine (C=N–C) groups is 1. The number of aromatic nitrogens is 2. The minimum absolute atomic E-state index is 0.0283. The van der Waals surface area contributed by atoms with Crippen LogP contribution in [0.5, 0.6) is 5.75 Å². The number of benzene rings is 1. The van der Waals surface area contributed by atoms with E-state index in [0.717, 1.165) is 42.3 Å². The zero-order valence-corrected chi connectivity index (χ0v) is 13.7. The SMILES string of the molecule is COc1ccc2nc(N)nc(NC3CCCCC3N=C(N)N)c2c1. The van der Waals surface area contributed by atoms with Crippen LogP contribution in [0.15, 0.2) is 23.2 Å². The van der Waals surface area contributed by atoms with Gasteiger partial charge in [0.05, 0.1) is 24.7 Å². The predicted molar refractivity (Wildman–Crippen MR) is 96.0 cm³/mol. The van der Waals surface area contributed by atoms with Crippen LogP contribution in [-0.4, -0.2) is 35.1 Å². The van der Waals surface area contributed by atoms with Crippen molar-refractivity contribution in [2.24, 2.45) is 16.5 Å². The maximum Gasteiger partial charge on any atom is 0.222 e. The van der Waals surface area contributed by atoms with E-state index in [-0.39, 0.29) is 24.0 Å². The molecular weight excluding hydrogens is 306 g/mol. The summed E-state index contributed by atoms with van der Waals surface area (Å²) in [7, 11) is 1.63. The molecule has 2 aromatic rings. The van der Waals surface area contributed by atoms with Crippen LogP contribution in [0.25, 0.3) is 10.9 Å². The van der Waals surface area contributed by atoms with E-state index < -0.39 is 0 Å². The summed E-state index contributed by atoms with van der Waals surface area (Å²) in [5, 5.41) is 4.33. The lowest BCUT2D eigenvalue weighted by Gasteiger charge is -2.30. The quantitative estimate of drug-likeness (QED) is 0.488. The monoisotopic (exact) mass is 329 g/mol. The van der Waals surface area contributed by atoms with Gasteiger partial charge in [0.25, 0.3) is 0 Å². The van der Waals surface area contributed by atoms with Crippen molar-refractivity contribution in [3.63, 3.8) is 0 Å². The molecule has 1 aliphatic carbocycles. The smallest absolute Gasteiger partial charge is 0.222 e. The van der Waals surface area contributed by atoms with E-state index in [0.29, 0.717) is 5.82 Å². The van der Waals surface area contributed by atoms with Crippen molar-refractivity contribution in [1.82, 2.24) is 9.97 Å². The number of hydrogen-bond donors (Lipinski definition) is 4. The minimum atomic E-state index is 0.0283. The molecule has 1 saturated carbocycles. The lowest BCUT2D eigenvalue weighted by atomic mass is 9.90. The molecule has 128 valence electrons. The summed E-state index contributed by atoms with van der Waals surface area (Å²) in [6, 6.07) is 5.74. The molecule has 1 heterocycles. The predicted octanol–water partition coefficient (Wildman–Crippen LogP) is 1.22. The third-order valence-corrected chi connectivity index (χ3v) is 4.29. The normalized spacial score (nSPS) is 20.5. The van der Waals surface area contributed by atoms with Crippen molar-refractivity contribution in [2.45, 2.75) is 37.8 Å². The zero-order valence-electron chi connectivity index (χ0n) is 13.7. The average molecular weight is 329 g/mol. The van der Waals surface area contributed by atoms with Gasteiger partial charge in [-0.05, 0) is 31.0 Å². The van der Waals surface area contributed by atoms with Crippen LogP contribution in [0, 0.1) is 0 Å². The van der Waals surface area contributed by atoms with Crippen molar-refractivity contribution >= 4 is 28.6 Å². The molecule has 0 spiro atoms. The lowest BCUT2D eigenvalue weighted by Crippen LogP contribution is -2.38. The van der Waals surface area contributed by atoms with Crippen molar-refractivity contribution < 1.29 is 4.74 Å². The van der Waals surface area contributed by atoms with Crippen LogP contribution < -0.4 is 27.3 Å². The number of guanidine groups is 1. The summed E-state index contributed by atoms with van der Waals surface area (Å²) in [6.45, 7) is 0. The first-order valence-electron chi connectivity index (χ1n) is 8.03. The first kappa shape index (κ1) is 16.1. The highest BCUT2D eigenvalue weighted by molar-refractivity contribution is 5.91. The fraction of sp³-hybridized carbons (Fsp3) is 0.438. The van der Waals surface area contributed by atoms with Gasteiger partial charge in [-0.25, -0.2) is 9.98 Å². The Labute approximate surface area is 140 Å². The Morgan fingerprint density at radius 1 is 1.25 bits per heavy atom. The van der Waals surface area contributed by atoms with Gasteiger partial charge in [-0.1, -0.05) is 12.8 Å². The summed E-state index contributed by atoms with van der Waals surface area (Å²) in [4.78, 5) is 13.0. The van der Waals surface area contributed by atoms with E-state index in [1.54, 1.807) is 7.11 Å². The molecule has 8 nitrogen and oxygen atoms in total. The van der Waals surface area contributed by atoms with Crippen molar-refractivity contribution in [3.05, 3.63) is 18.2 Å². The zero-order chi connectivity index (χ0) is 17.1. The largest absolute Gasteiger partial charge is 0.497 e. The number of fused-ring (bicyclic) bond motifs is 1. The van der Waals surface area contributed by atoms with E-state index in [1.165, 1.54) is 0 Å². The Bertz CT molecular complexity index is 757. The van der Waals surface area contributed by atoms with E-state index in [4.69, 9.17) is 21.9 Å². The number of rotatable bonds is 4. The van der Waals surface area contributed by atoms with Crippen LogP contribution in [0.3, 0.4) is 0 Å². The maximum atomic E-state index is 5.85. The van der Waals surface area contributed by atoms with Gasteiger partial charge in [-0.2, -0.15) is 4.98 Å². The summed E-state index contributed by atoms with van der Waals surface area (Å²) in [5.41, 5.74) is 17.8. The average Bonchev–Trinajstić information content (AvgIpc) is 2.55. The summed E-state index contributed by atoms with van der Waals surface area (Å²) < 4.78 is 5.30. The van der Waals surface area contributed by atoms with Crippen LogP contribution in [-0.2, 0) is 0 Å². The molecule has 0 radical (unpaired) electrons. The summed E-state index contributed by atoms with van der Waals surface area (Å²) in [5.74, 6) is 1.76. The fourth-order valence-electron chi connectivity index (χ4n) is 3.16. The van der Waals surface area contributed by atoms with Crippen LogP contribution in [0.4, 0.5) is 11.8 Å². The number of ether oxygens (including phenoxy) is 1. The first-order valence-corrected chi connectivity index (χ1v) is 8.03. The number of anilines is 2. The molecule has 1 aromatic carbocycles. The molecule has 3 rings (SSSR count). The van der Waals surface area contributed by atoms with Gasteiger partial charge < -0.3 is 27.3 Å². The summed E-state index contributed by atoms with van der Waals surface area (Å²) >= 11 is 0. The number of nitrogens with one attached hydrogen (secondary N) is 1. The molecule has 2 atom stereocenters. The topological polar surface area (TPSA) is 137 Å². The molecule has 24 heavy (non-hydrogen) atoms.